The third-order valence-corrected chi connectivity index (χ3v) is 0. The van der Waals surface area contributed by atoms with Gasteiger partial charge in [-0.25, -0.2) is 0 Å². The van der Waals surface area contributed by atoms with Crippen molar-refractivity contribution in [1.82, 2.24) is 0 Å². The van der Waals surface area contributed by atoms with E-state index in [0.717, 1.165) is 0 Å². The summed E-state index contributed by atoms with van der Waals surface area (Å²) >= 11 is 0. The van der Waals surface area contributed by atoms with Crippen LogP contribution in [0.3, 0.4) is 0 Å². The summed E-state index contributed by atoms with van der Waals surface area (Å²) in [5.41, 5.74) is 0. The molecule has 0 radical (unpaired) electrons. The zero-order valence-corrected chi connectivity index (χ0v) is 15.2. The Bertz CT molecular complexity index is 85.8. The smallest absolute Gasteiger partial charge is 0.907 e. The average molecular weight is 316 g/mol. The first-order valence-electron chi connectivity index (χ1n) is 2.07. The molecule has 0 bridgehead atoms. The minimum Gasteiger partial charge on any atom is -0.907 e. The summed E-state index contributed by atoms with van der Waals surface area (Å²) in [6.07, 6.45) is 0. The van der Waals surface area contributed by atoms with Gasteiger partial charge >= 0.3 is 122 Å². The number of rotatable bonds is 0. The fourth-order valence-electron chi connectivity index (χ4n) is 0. The molecule has 15 heteroatoms. The molecule has 15 heavy (non-hydrogen) atoms. The summed E-state index contributed by atoms with van der Waals surface area (Å²) in [6, 6.07) is 0. The Balaban J connectivity index is -0.0000000184. The maximum absolute atomic E-state index is 8.74. The van der Waals surface area contributed by atoms with Gasteiger partial charge in [-0.05, 0) is 0 Å². The van der Waals surface area contributed by atoms with Crippen molar-refractivity contribution in [3.05, 3.63) is 0 Å². The van der Waals surface area contributed by atoms with E-state index < -0.39 is 23.8 Å². The van der Waals surface area contributed by atoms with Crippen molar-refractivity contribution in [2.45, 2.75) is 0 Å². The summed E-state index contributed by atoms with van der Waals surface area (Å²) in [5, 5.41) is 50.5. The Kier molecular flexibility index (Phi) is 73.3. The van der Waals surface area contributed by atoms with Gasteiger partial charge in [-0.15, -0.1) is 0 Å². The molecule has 9 nitrogen and oxygen atoms in total. The first kappa shape index (κ1) is 36.2. The molecule has 0 aliphatic carbocycles. The van der Waals surface area contributed by atoms with Crippen LogP contribution < -0.4 is 30.1 Å². The van der Waals surface area contributed by atoms with Gasteiger partial charge in [0, 0.05) is 0 Å². The largest absolute Gasteiger partial charge is 2.00 e. The molecule has 72 valence electrons. The van der Waals surface area contributed by atoms with E-state index in [0.29, 0.717) is 0 Å². The van der Waals surface area contributed by atoms with Crippen LogP contribution in [0.15, 0.2) is 0 Å². The molecule has 0 heterocycles. The quantitative estimate of drug-likeness (QED) is 0.407. The molecule has 0 saturated heterocycles. The van der Waals surface area contributed by atoms with Crippen molar-refractivity contribution in [2.75, 3.05) is 0 Å². The maximum atomic E-state index is 8.74. The summed E-state index contributed by atoms with van der Waals surface area (Å²) in [7, 11) is -8.96. The third-order valence-electron chi connectivity index (χ3n) is 0. The molecule has 0 aliphatic rings. The summed E-state index contributed by atoms with van der Waals surface area (Å²) in [6.45, 7) is 0. The Morgan fingerprint density at radius 3 is 0.733 bits per heavy atom. The zero-order valence-electron chi connectivity index (χ0n) is 7.53. The predicted octanol–water partition coefficient (Wildman–Crippen LogP) is -10.7. The molecule has 0 unspecified atom stereocenters. The van der Waals surface area contributed by atoms with Crippen LogP contribution in [0, 0.1) is 0 Å². The Labute approximate surface area is 177 Å². The van der Waals surface area contributed by atoms with Crippen molar-refractivity contribution >= 4 is 137 Å². The molecule has 0 aromatic rings. The fraction of sp³-hybridized carbons (Fsp3) is 0. The van der Waals surface area contributed by atoms with Crippen LogP contribution in [0.4, 0.5) is 0 Å². The van der Waals surface area contributed by atoms with Crippen molar-refractivity contribution in [1.29, 1.82) is 0 Å². The molecule has 0 saturated carbocycles. The second kappa shape index (κ2) is 30.4. The molecule has 0 aromatic heterocycles. The van der Waals surface area contributed by atoms with Crippen molar-refractivity contribution in [3.8, 4) is 0 Å². The number of hydrogen-bond acceptors (Lipinski definition) is 7. The van der Waals surface area contributed by atoms with E-state index in [-0.39, 0.29) is 113 Å². The standard InChI is InChI=1S/2BO3.3Ca.H2O3Si/c2*2-1(3)4;;;;1-4(2)3/h;;;;;1-2H/q2*-3;3*+2;. The summed E-state index contributed by atoms with van der Waals surface area (Å²) in [5.74, 6) is 0. The third kappa shape index (κ3) is 374. The Morgan fingerprint density at radius 2 is 0.733 bits per heavy atom. The van der Waals surface area contributed by atoms with E-state index in [1.807, 2.05) is 0 Å². The van der Waals surface area contributed by atoms with Gasteiger partial charge in [-0.2, -0.15) is 0 Å². The van der Waals surface area contributed by atoms with E-state index in [4.69, 9.17) is 44.2 Å². The predicted molar refractivity (Wildman–Crippen MR) is 39.6 cm³/mol. The van der Waals surface area contributed by atoms with Crippen LogP contribution in [-0.4, -0.2) is 147 Å². The molecule has 0 rings (SSSR count). The fourth-order valence-corrected chi connectivity index (χ4v) is 0. The van der Waals surface area contributed by atoms with Gasteiger partial charge in [-0.3, -0.25) is 19.1 Å². The van der Waals surface area contributed by atoms with Crippen LogP contribution in [0.1, 0.15) is 0 Å². The molecular formula is H2B2Ca3O9Si. The van der Waals surface area contributed by atoms with Crippen molar-refractivity contribution in [2.24, 2.45) is 0 Å². The monoisotopic (exact) mass is 316 g/mol. The number of hydrogen-bond donors (Lipinski definition) is 2. The molecule has 0 aromatic carbocycles. The molecule has 0 fully saturated rings. The molecular weight excluding hydrogens is 314 g/mol. The van der Waals surface area contributed by atoms with Gasteiger partial charge in [-0.1, -0.05) is 0 Å². The topological polar surface area (TPSA) is 196 Å². The van der Waals surface area contributed by atoms with E-state index >= 15 is 0 Å². The zero-order chi connectivity index (χ0) is 10.7. The van der Waals surface area contributed by atoms with E-state index in [9.17, 15) is 0 Å². The van der Waals surface area contributed by atoms with Crippen molar-refractivity contribution in [3.63, 3.8) is 0 Å². The average Bonchev–Trinajstić information content (AvgIpc) is 1.54. The van der Waals surface area contributed by atoms with Crippen molar-refractivity contribution < 1.29 is 44.2 Å². The van der Waals surface area contributed by atoms with Crippen LogP contribution in [0.2, 0.25) is 0 Å². The van der Waals surface area contributed by atoms with Gasteiger partial charge in [0.15, 0.2) is 0 Å². The SMILES string of the molecule is O=[Si](O)O.[Ca+2].[Ca+2].[Ca+2].[O-]B([O-])[O-].[O-]B([O-])[O-]. The van der Waals surface area contributed by atoms with Gasteiger partial charge in [0.1, 0.15) is 0 Å². The molecule has 0 spiro atoms. The van der Waals surface area contributed by atoms with Crippen LogP contribution >= 0.6 is 0 Å². The van der Waals surface area contributed by atoms with Crippen LogP contribution in [0.25, 0.3) is 0 Å². The summed E-state index contributed by atoms with van der Waals surface area (Å²) < 4.78 is 8.74. The second-order valence-corrected chi connectivity index (χ2v) is 1.43. The first-order chi connectivity index (χ1) is 5.20. The minimum atomic E-state index is -3.13. The van der Waals surface area contributed by atoms with Gasteiger partial charge in [0.25, 0.3) is 0 Å². The first-order valence-corrected chi connectivity index (χ1v) is 3.37. The van der Waals surface area contributed by atoms with Gasteiger partial charge in [0.2, 0.25) is 0 Å². The minimum absolute atomic E-state index is 0. The normalized spacial score (nSPS) is 5.20. The Hall–Kier alpha value is 3.29. The van der Waals surface area contributed by atoms with Crippen LogP contribution in [0.5, 0.6) is 0 Å². The van der Waals surface area contributed by atoms with E-state index in [1.54, 1.807) is 0 Å². The van der Waals surface area contributed by atoms with E-state index in [2.05, 4.69) is 0 Å². The molecule has 2 N–H and O–H groups in total. The van der Waals surface area contributed by atoms with Gasteiger partial charge in [0.05, 0.1) is 0 Å². The second-order valence-electron chi connectivity index (χ2n) is 0.860. The molecule has 0 amide bonds. The molecule has 0 aliphatic heterocycles. The Morgan fingerprint density at radius 1 is 0.733 bits per heavy atom. The van der Waals surface area contributed by atoms with E-state index in [1.165, 1.54) is 0 Å². The molecule has 0 atom stereocenters. The summed E-state index contributed by atoms with van der Waals surface area (Å²) in [4.78, 5) is 14.3. The maximum Gasteiger partial charge on any atom is 2.00 e. The van der Waals surface area contributed by atoms with Crippen LogP contribution in [-0.2, 0) is 4.46 Å². The van der Waals surface area contributed by atoms with Gasteiger partial charge < -0.3 is 39.7 Å².